The second kappa shape index (κ2) is 8.19. The van der Waals surface area contributed by atoms with Gasteiger partial charge in [0.05, 0.1) is 11.3 Å². The number of allylic oxidation sites excluding steroid dienone is 1. The Hall–Kier alpha value is -3.67. The first-order valence-corrected chi connectivity index (χ1v) is 12.5. The number of amides is 1. The highest BCUT2D eigenvalue weighted by Gasteiger charge is 2.58. The van der Waals surface area contributed by atoms with Crippen LogP contribution in [0.15, 0.2) is 70.7 Å². The van der Waals surface area contributed by atoms with Crippen LogP contribution in [-0.4, -0.2) is 21.5 Å². The minimum Gasteiger partial charge on any atom is -0.295 e. The number of nitrogens with one attached hydrogen (secondary N) is 1. The van der Waals surface area contributed by atoms with Crippen LogP contribution in [0.1, 0.15) is 70.2 Å². The van der Waals surface area contributed by atoms with Crippen molar-refractivity contribution in [1.29, 1.82) is 0 Å². The summed E-state index contributed by atoms with van der Waals surface area (Å²) in [6, 6.07) is 17.2. The summed E-state index contributed by atoms with van der Waals surface area (Å²) in [6.07, 6.45) is 0.921. The molecule has 1 unspecified atom stereocenters. The molecule has 0 spiro atoms. The minimum absolute atomic E-state index is 0.0663. The van der Waals surface area contributed by atoms with E-state index in [9.17, 15) is 14.4 Å². The standard InChI is InChI=1S/C30H33N3O3/c1-18(2)20-12-14-22(15-13-20)33-27(35)25(19(3)31-33)30(6)26-23(16-29(4,5)17-24(26)34)32(28(30)36)21-10-8-7-9-11-21/h7-15,18,31H,16-17H2,1-6H3. The molecule has 186 valence electrons. The van der Waals surface area contributed by atoms with E-state index in [1.165, 1.54) is 10.2 Å². The number of hydrogen-bond donors (Lipinski definition) is 1. The summed E-state index contributed by atoms with van der Waals surface area (Å²) < 4.78 is 1.48. The fourth-order valence-corrected chi connectivity index (χ4v) is 5.91. The average Bonchev–Trinajstić information content (AvgIpc) is 3.23. The van der Waals surface area contributed by atoms with Gasteiger partial charge in [0.1, 0.15) is 5.41 Å². The summed E-state index contributed by atoms with van der Waals surface area (Å²) in [5.41, 5.74) is 2.71. The number of benzene rings is 2. The largest absolute Gasteiger partial charge is 0.295 e. The molecule has 0 bridgehead atoms. The first-order chi connectivity index (χ1) is 17.0. The molecular weight excluding hydrogens is 450 g/mol. The Labute approximate surface area is 211 Å². The third kappa shape index (κ3) is 3.50. The molecule has 2 aliphatic rings. The Morgan fingerprint density at radius 1 is 0.861 bits per heavy atom. The van der Waals surface area contributed by atoms with Crippen molar-refractivity contribution in [2.24, 2.45) is 5.41 Å². The summed E-state index contributed by atoms with van der Waals surface area (Å²) in [7, 11) is 0. The van der Waals surface area contributed by atoms with Crippen LogP contribution in [0.5, 0.6) is 0 Å². The van der Waals surface area contributed by atoms with E-state index in [1.807, 2.05) is 68.4 Å². The van der Waals surface area contributed by atoms with Crippen molar-refractivity contribution in [2.75, 3.05) is 4.90 Å². The van der Waals surface area contributed by atoms with Gasteiger partial charge in [-0.05, 0) is 61.4 Å². The van der Waals surface area contributed by atoms with Gasteiger partial charge in [0, 0.05) is 29.1 Å². The van der Waals surface area contributed by atoms with Crippen molar-refractivity contribution in [3.05, 3.63) is 93.0 Å². The van der Waals surface area contributed by atoms with Crippen LogP contribution < -0.4 is 10.5 Å². The number of carbonyl (C=O) groups is 2. The number of aryl methyl sites for hydroxylation is 1. The number of aromatic amines is 1. The van der Waals surface area contributed by atoms with Gasteiger partial charge in [0.15, 0.2) is 5.78 Å². The van der Waals surface area contributed by atoms with Crippen LogP contribution in [-0.2, 0) is 15.0 Å². The van der Waals surface area contributed by atoms with Crippen molar-refractivity contribution in [3.8, 4) is 5.69 Å². The fourth-order valence-electron chi connectivity index (χ4n) is 5.91. The molecule has 1 amide bonds. The quantitative estimate of drug-likeness (QED) is 0.529. The van der Waals surface area contributed by atoms with Gasteiger partial charge in [-0.15, -0.1) is 0 Å². The highest BCUT2D eigenvalue weighted by atomic mass is 16.2. The number of carbonyl (C=O) groups excluding carboxylic acids is 2. The first kappa shape index (κ1) is 24.0. The van der Waals surface area contributed by atoms with E-state index in [4.69, 9.17) is 0 Å². The molecule has 1 aliphatic heterocycles. The lowest BCUT2D eigenvalue weighted by atomic mass is 9.68. The highest BCUT2D eigenvalue weighted by molar-refractivity contribution is 6.19. The Morgan fingerprint density at radius 3 is 2.11 bits per heavy atom. The predicted molar refractivity (Wildman–Crippen MR) is 142 cm³/mol. The average molecular weight is 484 g/mol. The number of Topliss-reactive ketones (excluding diaryl/α,β-unsaturated/α-hetero) is 1. The molecule has 2 heterocycles. The van der Waals surface area contributed by atoms with Gasteiger partial charge < -0.3 is 0 Å². The van der Waals surface area contributed by atoms with E-state index >= 15 is 0 Å². The number of rotatable bonds is 4. The molecular formula is C30H33N3O3. The zero-order chi connectivity index (χ0) is 26.0. The van der Waals surface area contributed by atoms with Crippen molar-refractivity contribution in [3.63, 3.8) is 0 Å². The van der Waals surface area contributed by atoms with E-state index in [0.29, 0.717) is 52.7 Å². The number of hydrogen-bond acceptors (Lipinski definition) is 3. The molecule has 1 N–H and O–H groups in total. The Bertz CT molecular complexity index is 1460. The predicted octanol–water partition coefficient (Wildman–Crippen LogP) is 5.55. The van der Waals surface area contributed by atoms with Crippen molar-refractivity contribution < 1.29 is 9.59 Å². The molecule has 2 aromatic carbocycles. The maximum absolute atomic E-state index is 14.3. The van der Waals surface area contributed by atoms with Gasteiger partial charge in [-0.1, -0.05) is 58.0 Å². The number of para-hydroxylation sites is 1. The molecule has 6 nitrogen and oxygen atoms in total. The lowest BCUT2D eigenvalue weighted by Crippen LogP contribution is -2.43. The van der Waals surface area contributed by atoms with Crippen LogP contribution in [0.4, 0.5) is 5.69 Å². The van der Waals surface area contributed by atoms with Crippen LogP contribution in [0.2, 0.25) is 0 Å². The van der Waals surface area contributed by atoms with Gasteiger partial charge in [-0.25, -0.2) is 4.68 Å². The topological polar surface area (TPSA) is 75.2 Å². The van der Waals surface area contributed by atoms with Gasteiger partial charge >= 0.3 is 0 Å². The van der Waals surface area contributed by atoms with Crippen molar-refractivity contribution in [2.45, 2.75) is 65.7 Å². The number of nitrogens with zero attached hydrogens (tertiary/aromatic N) is 2. The summed E-state index contributed by atoms with van der Waals surface area (Å²) in [5.74, 6) is 0.0530. The molecule has 1 aromatic heterocycles. The normalized spacial score (nSPS) is 21.5. The van der Waals surface area contributed by atoms with E-state index in [0.717, 1.165) is 0 Å². The van der Waals surface area contributed by atoms with Crippen molar-refractivity contribution >= 4 is 17.4 Å². The Kier molecular flexibility index (Phi) is 5.47. The number of ketones is 1. The second-order valence-corrected chi connectivity index (χ2v) is 11.4. The van der Waals surface area contributed by atoms with Gasteiger partial charge in [0.25, 0.3) is 5.56 Å². The lowest BCUT2D eigenvalue weighted by molar-refractivity contribution is -0.124. The molecule has 0 radical (unpaired) electrons. The Morgan fingerprint density at radius 2 is 1.50 bits per heavy atom. The summed E-state index contributed by atoms with van der Waals surface area (Å²) >= 11 is 0. The fraction of sp³-hybridized carbons (Fsp3) is 0.367. The lowest BCUT2D eigenvalue weighted by Gasteiger charge is -2.33. The molecule has 36 heavy (non-hydrogen) atoms. The molecule has 1 atom stereocenters. The zero-order valence-electron chi connectivity index (χ0n) is 21.8. The first-order valence-electron chi connectivity index (χ1n) is 12.5. The maximum Gasteiger partial charge on any atom is 0.276 e. The second-order valence-electron chi connectivity index (χ2n) is 11.4. The summed E-state index contributed by atoms with van der Waals surface area (Å²) in [4.78, 5) is 43.5. The number of H-pyrrole nitrogens is 1. The smallest absolute Gasteiger partial charge is 0.276 e. The van der Waals surface area contributed by atoms with Gasteiger partial charge in [-0.3, -0.25) is 24.4 Å². The molecule has 0 saturated carbocycles. The molecule has 1 aliphatic carbocycles. The van der Waals surface area contributed by atoms with E-state index < -0.39 is 5.41 Å². The SMILES string of the molecule is Cc1[nH]n(-c2ccc(C(C)C)cc2)c(=O)c1C1(C)C(=O)N(c2ccccc2)C2=C1C(=O)CC(C)(C)C2. The van der Waals surface area contributed by atoms with Crippen LogP contribution in [0.25, 0.3) is 5.69 Å². The summed E-state index contributed by atoms with van der Waals surface area (Å²) in [6.45, 7) is 11.9. The number of aromatic nitrogens is 2. The van der Waals surface area contributed by atoms with Gasteiger partial charge in [-0.2, -0.15) is 0 Å². The minimum atomic E-state index is -1.38. The zero-order valence-corrected chi connectivity index (χ0v) is 21.8. The van der Waals surface area contributed by atoms with Gasteiger partial charge in [0.2, 0.25) is 5.91 Å². The maximum atomic E-state index is 14.3. The molecule has 0 fully saturated rings. The molecule has 0 saturated heterocycles. The monoisotopic (exact) mass is 483 g/mol. The molecule has 5 rings (SSSR count). The van der Waals surface area contributed by atoms with Crippen LogP contribution in [0, 0.1) is 12.3 Å². The molecule has 6 heteroatoms. The van der Waals surface area contributed by atoms with Crippen LogP contribution in [0.3, 0.4) is 0 Å². The Balaban J connectivity index is 1.71. The van der Waals surface area contributed by atoms with E-state index in [1.54, 1.807) is 18.7 Å². The highest BCUT2D eigenvalue weighted by Crippen LogP contribution is 2.52. The number of anilines is 1. The van der Waals surface area contributed by atoms with E-state index in [2.05, 4.69) is 18.9 Å². The molecule has 3 aromatic rings. The third-order valence-corrected chi connectivity index (χ3v) is 7.66. The summed E-state index contributed by atoms with van der Waals surface area (Å²) in [5, 5.41) is 3.18. The third-order valence-electron chi connectivity index (χ3n) is 7.66. The van der Waals surface area contributed by atoms with E-state index in [-0.39, 0.29) is 22.7 Å². The van der Waals surface area contributed by atoms with Crippen LogP contribution >= 0.6 is 0 Å². The van der Waals surface area contributed by atoms with Crippen molar-refractivity contribution in [1.82, 2.24) is 9.78 Å².